The highest BCUT2D eigenvalue weighted by Crippen LogP contribution is 2.31. The molecule has 2 rings (SSSR count). The third-order valence-corrected chi connectivity index (χ3v) is 9.21. The first-order valence-electron chi connectivity index (χ1n) is 6.05. The van der Waals surface area contributed by atoms with Gasteiger partial charge in [0.05, 0.1) is 17.4 Å². The minimum atomic E-state index is -3.64. The lowest BCUT2D eigenvalue weighted by Gasteiger charge is -2.31. The van der Waals surface area contributed by atoms with E-state index in [1.807, 2.05) is 6.92 Å². The predicted molar refractivity (Wildman–Crippen MR) is 80.6 cm³/mol. The molecule has 0 aliphatic carbocycles. The maximum atomic E-state index is 12.6. The smallest absolute Gasteiger partial charge is 0.229 e. The van der Waals surface area contributed by atoms with Crippen LogP contribution in [0.25, 0.3) is 0 Å². The lowest BCUT2D eigenvalue weighted by atomic mass is 10.3. The Bertz CT molecular complexity index is 708. The number of hydrogen-bond acceptors (Lipinski definition) is 5. The second kappa shape index (κ2) is 5.57. The van der Waals surface area contributed by atoms with Gasteiger partial charge in [0, 0.05) is 17.5 Å². The molecule has 1 aromatic heterocycles. The monoisotopic (exact) mass is 357 g/mol. The van der Waals surface area contributed by atoms with Crippen LogP contribution >= 0.6 is 22.9 Å². The number of aryl methyl sites for hydroxylation is 1. The van der Waals surface area contributed by atoms with E-state index in [1.165, 1.54) is 4.31 Å². The zero-order valence-corrected chi connectivity index (χ0v) is 14.4. The van der Waals surface area contributed by atoms with Crippen molar-refractivity contribution in [2.75, 3.05) is 18.1 Å². The van der Waals surface area contributed by atoms with E-state index in [1.54, 1.807) is 13.0 Å². The Morgan fingerprint density at radius 1 is 1.50 bits per heavy atom. The summed E-state index contributed by atoms with van der Waals surface area (Å²) in [6.45, 7) is 3.45. The van der Waals surface area contributed by atoms with Gasteiger partial charge in [0.25, 0.3) is 10.0 Å². The largest absolute Gasteiger partial charge is 0.252 e. The number of sulfonamides is 1. The van der Waals surface area contributed by atoms with Crippen molar-refractivity contribution in [1.82, 2.24) is 4.31 Å². The van der Waals surface area contributed by atoms with E-state index in [9.17, 15) is 16.8 Å². The molecule has 5 nitrogen and oxygen atoms in total. The topological polar surface area (TPSA) is 71.5 Å². The molecule has 0 bridgehead atoms. The van der Waals surface area contributed by atoms with Crippen molar-refractivity contribution in [2.24, 2.45) is 0 Å². The molecule has 1 unspecified atom stereocenters. The van der Waals surface area contributed by atoms with Gasteiger partial charge in [-0.15, -0.1) is 22.9 Å². The highest BCUT2D eigenvalue weighted by atomic mass is 35.5. The van der Waals surface area contributed by atoms with Gasteiger partial charge in [0.15, 0.2) is 9.84 Å². The summed E-state index contributed by atoms with van der Waals surface area (Å²) in [5.41, 5.74) is 0.848. The predicted octanol–water partition coefficient (Wildman–Crippen LogP) is 1.60. The van der Waals surface area contributed by atoms with Crippen molar-refractivity contribution >= 4 is 42.8 Å². The minimum Gasteiger partial charge on any atom is -0.229 e. The Morgan fingerprint density at radius 3 is 2.65 bits per heavy atom. The Morgan fingerprint density at radius 2 is 2.15 bits per heavy atom. The zero-order valence-electron chi connectivity index (χ0n) is 11.2. The van der Waals surface area contributed by atoms with Crippen LogP contribution in [0.2, 0.25) is 0 Å². The Kier molecular flexibility index (Phi) is 4.52. The molecule has 0 saturated carbocycles. The molecule has 2 heterocycles. The highest BCUT2D eigenvalue weighted by Gasteiger charge is 2.37. The van der Waals surface area contributed by atoms with Gasteiger partial charge in [0.1, 0.15) is 4.21 Å². The lowest BCUT2D eigenvalue weighted by Crippen LogP contribution is -2.49. The Hall–Kier alpha value is -0.150. The van der Waals surface area contributed by atoms with Crippen LogP contribution in [-0.2, 0) is 25.7 Å². The number of hydrogen-bond donors (Lipinski definition) is 0. The SMILES string of the molecule is Cc1cc(S(=O)(=O)N2CCS(=O)(=O)CC2C)sc1CCl. The van der Waals surface area contributed by atoms with Crippen LogP contribution in [0.1, 0.15) is 17.4 Å². The molecular formula is C11H16ClNO4S3. The third kappa shape index (κ3) is 3.04. The molecule has 1 aliphatic rings. The standard InChI is InChI=1S/C11H16ClNO4S3/c1-8-5-11(18-10(8)6-12)20(16,17)13-3-4-19(14,15)7-9(13)2/h5,9H,3-4,6-7H2,1-2H3. The molecule has 1 atom stereocenters. The quantitative estimate of drug-likeness (QED) is 0.770. The molecule has 0 N–H and O–H groups in total. The number of alkyl halides is 1. The van der Waals surface area contributed by atoms with Gasteiger partial charge in [0.2, 0.25) is 0 Å². The average molecular weight is 358 g/mol. The highest BCUT2D eigenvalue weighted by molar-refractivity contribution is 7.92. The molecule has 114 valence electrons. The molecule has 1 aliphatic heterocycles. The van der Waals surface area contributed by atoms with Crippen molar-refractivity contribution in [1.29, 1.82) is 0 Å². The molecule has 0 amide bonds. The van der Waals surface area contributed by atoms with Gasteiger partial charge < -0.3 is 0 Å². The van der Waals surface area contributed by atoms with Gasteiger partial charge in [-0.2, -0.15) is 4.31 Å². The van der Waals surface area contributed by atoms with E-state index in [2.05, 4.69) is 0 Å². The number of halogens is 1. The van der Waals surface area contributed by atoms with Crippen LogP contribution in [0.3, 0.4) is 0 Å². The number of nitrogens with zero attached hydrogens (tertiary/aromatic N) is 1. The third-order valence-electron chi connectivity index (χ3n) is 3.29. The maximum absolute atomic E-state index is 12.6. The Balaban J connectivity index is 2.35. The number of sulfone groups is 1. The van der Waals surface area contributed by atoms with E-state index in [0.29, 0.717) is 0 Å². The summed E-state index contributed by atoms with van der Waals surface area (Å²) >= 11 is 6.92. The van der Waals surface area contributed by atoms with E-state index < -0.39 is 25.9 Å². The van der Waals surface area contributed by atoms with E-state index in [-0.39, 0.29) is 28.1 Å². The van der Waals surface area contributed by atoms with Crippen LogP contribution in [0.4, 0.5) is 0 Å². The fraction of sp³-hybridized carbons (Fsp3) is 0.636. The molecular weight excluding hydrogens is 342 g/mol. The molecule has 9 heteroatoms. The summed E-state index contributed by atoms with van der Waals surface area (Å²) in [5.74, 6) is 0.0260. The number of thiophene rings is 1. The molecule has 1 fully saturated rings. The Labute approximate surface area is 128 Å². The van der Waals surface area contributed by atoms with Crippen molar-refractivity contribution in [2.45, 2.75) is 30.0 Å². The van der Waals surface area contributed by atoms with E-state index in [0.717, 1.165) is 21.8 Å². The fourth-order valence-electron chi connectivity index (χ4n) is 2.20. The maximum Gasteiger partial charge on any atom is 0.252 e. The molecule has 20 heavy (non-hydrogen) atoms. The first-order chi connectivity index (χ1) is 9.17. The molecule has 1 aromatic rings. The van der Waals surface area contributed by atoms with E-state index >= 15 is 0 Å². The summed E-state index contributed by atoms with van der Waals surface area (Å²) in [6.07, 6.45) is 0. The summed E-state index contributed by atoms with van der Waals surface area (Å²) < 4.78 is 49.8. The molecule has 0 spiro atoms. The zero-order chi connectivity index (χ0) is 15.1. The first kappa shape index (κ1) is 16.2. The van der Waals surface area contributed by atoms with Crippen LogP contribution in [-0.4, -0.2) is 45.2 Å². The van der Waals surface area contributed by atoms with Crippen LogP contribution in [0.5, 0.6) is 0 Å². The van der Waals surface area contributed by atoms with Crippen LogP contribution in [0.15, 0.2) is 10.3 Å². The van der Waals surface area contributed by atoms with Crippen molar-refractivity contribution < 1.29 is 16.8 Å². The van der Waals surface area contributed by atoms with Crippen molar-refractivity contribution in [3.8, 4) is 0 Å². The van der Waals surface area contributed by atoms with Gasteiger partial charge >= 0.3 is 0 Å². The number of rotatable bonds is 3. The average Bonchev–Trinajstić information content (AvgIpc) is 2.69. The summed E-state index contributed by atoms with van der Waals surface area (Å²) in [6, 6.07) is 1.06. The molecule has 0 radical (unpaired) electrons. The summed E-state index contributed by atoms with van der Waals surface area (Å²) in [4.78, 5) is 0.822. The van der Waals surface area contributed by atoms with Crippen molar-refractivity contribution in [3.63, 3.8) is 0 Å². The van der Waals surface area contributed by atoms with Crippen LogP contribution in [0, 0.1) is 6.92 Å². The fourth-order valence-corrected chi connectivity index (χ4v) is 7.55. The van der Waals surface area contributed by atoms with Crippen LogP contribution < -0.4 is 0 Å². The normalized spacial score (nSPS) is 23.9. The second-order valence-corrected chi connectivity index (χ2v) is 10.6. The summed E-state index contributed by atoms with van der Waals surface area (Å²) in [7, 11) is -6.78. The van der Waals surface area contributed by atoms with Gasteiger partial charge in [-0.3, -0.25) is 0 Å². The summed E-state index contributed by atoms with van der Waals surface area (Å²) in [5, 5.41) is 0. The van der Waals surface area contributed by atoms with Gasteiger partial charge in [-0.1, -0.05) is 0 Å². The molecule has 1 saturated heterocycles. The van der Waals surface area contributed by atoms with E-state index in [4.69, 9.17) is 11.6 Å². The van der Waals surface area contributed by atoms with Gasteiger partial charge in [-0.05, 0) is 25.5 Å². The molecule has 0 aromatic carbocycles. The van der Waals surface area contributed by atoms with Crippen molar-refractivity contribution in [3.05, 3.63) is 16.5 Å². The second-order valence-electron chi connectivity index (χ2n) is 4.88. The minimum absolute atomic E-state index is 0.0129. The van der Waals surface area contributed by atoms with Gasteiger partial charge in [-0.25, -0.2) is 16.8 Å². The first-order valence-corrected chi connectivity index (χ1v) is 10.7. The lowest BCUT2D eigenvalue weighted by molar-refractivity contribution is 0.357.